The van der Waals surface area contributed by atoms with Crippen LogP contribution in [0.5, 0.6) is 0 Å². The summed E-state index contributed by atoms with van der Waals surface area (Å²) >= 11 is 0. The first kappa shape index (κ1) is 15.1. The first-order valence-electron chi connectivity index (χ1n) is 9.46. The van der Waals surface area contributed by atoms with Gasteiger partial charge in [0.1, 0.15) is 0 Å². The van der Waals surface area contributed by atoms with E-state index in [0.29, 0.717) is 11.8 Å². The number of nitrogens with zero attached hydrogens (tertiary/aromatic N) is 3. The highest BCUT2D eigenvalue weighted by atomic mass is 16.2. The summed E-state index contributed by atoms with van der Waals surface area (Å²) in [5, 5.41) is 0. The quantitative estimate of drug-likeness (QED) is 0.846. The Bertz CT molecular complexity index is 811. The largest absolute Gasteiger partial charge is 0.342 e. The monoisotopic (exact) mass is 333 g/mol. The van der Waals surface area contributed by atoms with Gasteiger partial charge in [-0.2, -0.15) is 0 Å². The normalized spacial score (nSPS) is 25.2. The third-order valence-corrected chi connectivity index (χ3v) is 6.09. The predicted molar refractivity (Wildman–Crippen MR) is 96.0 cm³/mol. The Balaban J connectivity index is 1.50. The predicted octanol–water partition coefficient (Wildman–Crippen LogP) is 3.36. The second-order valence-corrected chi connectivity index (χ2v) is 7.85. The lowest BCUT2D eigenvalue weighted by atomic mass is 9.77. The Morgan fingerprint density at radius 3 is 2.80 bits per heavy atom. The van der Waals surface area contributed by atoms with E-state index in [4.69, 9.17) is 4.98 Å². The molecule has 2 fully saturated rings. The lowest BCUT2D eigenvalue weighted by molar-refractivity contribution is -0.134. The number of fused-ring (bicyclic) bond motifs is 2. The molecule has 1 saturated heterocycles. The lowest BCUT2D eigenvalue weighted by Gasteiger charge is -2.40. The zero-order valence-electron chi connectivity index (χ0n) is 14.4. The van der Waals surface area contributed by atoms with Gasteiger partial charge in [0.05, 0.1) is 5.69 Å². The fourth-order valence-corrected chi connectivity index (χ4v) is 4.57. The molecule has 4 nitrogen and oxygen atoms in total. The van der Waals surface area contributed by atoms with Crippen molar-refractivity contribution >= 4 is 5.91 Å². The minimum Gasteiger partial charge on any atom is -0.342 e. The number of hydrogen-bond donors (Lipinski definition) is 0. The number of aromatic nitrogens is 2. The Hall–Kier alpha value is -2.23. The highest BCUT2D eigenvalue weighted by Gasteiger charge is 2.46. The van der Waals surface area contributed by atoms with E-state index in [2.05, 4.69) is 22.0 Å². The molecule has 0 bridgehead atoms. The van der Waals surface area contributed by atoms with Crippen LogP contribution in [0.1, 0.15) is 43.4 Å². The zero-order chi connectivity index (χ0) is 16.9. The van der Waals surface area contributed by atoms with Gasteiger partial charge in [-0.25, -0.2) is 9.97 Å². The molecule has 1 aromatic carbocycles. The second kappa shape index (κ2) is 5.65. The minimum atomic E-state index is 0.0462. The Morgan fingerprint density at radius 1 is 1.16 bits per heavy atom. The number of carbonyl (C=O) groups excluding carboxylic acids is 1. The number of piperidine rings is 1. The summed E-state index contributed by atoms with van der Waals surface area (Å²) in [6.45, 7) is 1.77. The number of amides is 1. The molecule has 5 rings (SSSR count). The molecule has 3 aliphatic rings. The summed E-state index contributed by atoms with van der Waals surface area (Å²) in [5.74, 6) is 1.50. The van der Waals surface area contributed by atoms with Gasteiger partial charge in [0.2, 0.25) is 5.91 Å². The fourth-order valence-electron chi connectivity index (χ4n) is 4.57. The summed E-state index contributed by atoms with van der Waals surface area (Å²) in [5.41, 5.74) is 3.59. The Labute approximate surface area is 148 Å². The van der Waals surface area contributed by atoms with Gasteiger partial charge >= 0.3 is 0 Å². The van der Waals surface area contributed by atoms with Crippen LogP contribution in [0.2, 0.25) is 0 Å². The SMILES string of the molecule is O=C(C1CC1)N1CCCC2(CCc3cnc(-c4ccccc4)nc32)C1. The summed E-state index contributed by atoms with van der Waals surface area (Å²) < 4.78 is 0. The maximum absolute atomic E-state index is 12.6. The summed E-state index contributed by atoms with van der Waals surface area (Å²) in [4.78, 5) is 24.3. The summed E-state index contributed by atoms with van der Waals surface area (Å²) in [7, 11) is 0. The third-order valence-electron chi connectivity index (χ3n) is 6.09. The van der Waals surface area contributed by atoms with E-state index in [9.17, 15) is 4.79 Å². The van der Waals surface area contributed by atoms with Gasteiger partial charge in [0, 0.05) is 36.2 Å². The van der Waals surface area contributed by atoms with E-state index in [1.165, 1.54) is 11.3 Å². The summed E-state index contributed by atoms with van der Waals surface area (Å²) in [6, 6.07) is 10.2. The average molecular weight is 333 g/mol. The van der Waals surface area contributed by atoms with Gasteiger partial charge in [-0.15, -0.1) is 0 Å². The van der Waals surface area contributed by atoms with Crippen LogP contribution in [-0.2, 0) is 16.6 Å². The van der Waals surface area contributed by atoms with Crippen molar-refractivity contribution in [1.29, 1.82) is 0 Å². The van der Waals surface area contributed by atoms with Crippen LogP contribution < -0.4 is 0 Å². The smallest absolute Gasteiger partial charge is 0.225 e. The molecule has 1 spiro atoms. The molecule has 4 heteroatoms. The summed E-state index contributed by atoms with van der Waals surface area (Å²) in [6.07, 6.45) is 8.54. The molecule has 2 heterocycles. The molecule has 1 aliphatic heterocycles. The number of aryl methyl sites for hydroxylation is 1. The highest BCUT2D eigenvalue weighted by Crippen LogP contribution is 2.45. The van der Waals surface area contributed by atoms with Crippen molar-refractivity contribution in [3.63, 3.8) is 0 Å². The molecule has 1 unspecified atom stereocenters. The van der Waals surface area contributed by atoms with Crippen LogP contribution in [0.25, 0.3) is 11.4 Å². The van der Waals surface area contributed by atoms with Crippen LogP contribution in [-0.4, -0.2) is 33.9 Å². The van der Waals surface area contributed by atoms with Crippen molar-refractivity contribution in [2.24, 2.45) is 5.92 Å². The third kappa shape index (κ3) is 2.55. The zero-order valence-corrected chi connectivity index (χ0v) is 14.4. The lowest BCUT2D eigenvalue weighted by Crippen LogP contribution is -2.48. The molecule has 25 heavy (non-hydrogen) atoms. The van der Waals surface area contributed by atoms with Crippen molar-refractivity contribution in [2.75, 3.05) is 13.1 Å². The maximum atomic E-state index is 12.6. The number of benzene rings is 1. The molecule has 1 saturated carbocycles. The first-order chi connectivity index (χ1) is 12.3. The molecule has 1 aromatic heterocycles. The van der Waals surface area contributed by atoms with Crippen molar-refractivity contribution < 1.29 is 4.79 Å². The van der Waals surface area contributed by atoms with E-state index in [0.717, 1.165) is 63.0 Å². The van der Waals surface area contributed by atoms with Crippen molar-refractivity contribution in [3.8, 4) is 11.4 Å². The molecule has 1 amide bonds. The van der Waals surface area contributed by atoms with Crippen LogP contribution in [0.4, 0.5) is 0 Å². The molecule has 2 aliphatic carbocycles. The molecular weight excluding hydrogens is 310 g/mol. The van der Waals surface area contributed by atoms with E-state index in [1.54, 1.807) is 0 Å². The maximum Gasteiger partial charge on any atom is 0.225 e. The van der Waals surface area contributed by atoms with E-state index < -0.39 is 0 Å². The standard InChI is InChI=1S/C21H23N3O/c25-20(16-7-8-16)24-12-4-10-21(14-24)11-9-17-13-22-19(23-18(17)21)15-5-2-1-3-6-15/h1-3,5-6,13,16H,4,7-12,14H2. The van der Waals surface area contributed by atoms with E-state index in [1.807, 2.05) is 24.4 Å². The van der Waals surface area contributed by atoms with Gasteiger partial charge in [-0.05, 0) is 44.1 Å². The van der Waals surface area contributed by atoms with Crippen molar-refractivity contribution in [3.05, 3.63) is 47.8 Å². The number of hydrogen-bond acceptors (Lipinski definition) is 3. The Kier molecular flexibility index (Phi) is 3.40. The van der Waals surface area contributed by atoms with Gasteiger partial charge in [0.25, 0.3) is 0 Å². The van der Waals surface area contributed by atoms with E-state index in [-0.39, 0.29) is 5.41 Å². The van der Waals surface area contributed by atoms with Gasteiger partial charge in [0.15, 0.2) is 5.82 Å². The second-order valence-electron chi connectivity index (χ2n) is 7.85. The topological polar surface area (TPSA) is 46.1 Å². The van der Waals surface area contributed by atoms with E-state index >= 15 is 0 Å². The first-order valence-corrected chi connectivity index (χ1v) is 9.46. The Morgan fingerprint density at radius 2 is 2.00 bits per heavy atom. The molecule has 0 N–H and O–H groups in total. The highest BCUT2D eigenvalue weighted by molar-refractivity contribution is 5.81. The van der Waals surface area contributed by atoms with Crippen LogP contribution in [0.15, 0.2) is 36.5 Å². The molecule has 0 radical (unpaired) electrons. The van der Waals surface area contributed by atoms with Gasteiger partial charge < -0.3 is 4.90 Å². The average Bonchev–Trinajstić information content (AvgIpc) is 3.47. The van der Waals surface area contributed by atoms with Crippen LogP contribution in [0, 0.1) is 5.92 Å². The minimum absolute atomic E-state index is 0.0462. The molecule has 2 aromatic rings. The number of likely N-dealkylation sites (tertiary alicyclic amines) is 1. The molecular formula is C21H23N3O. The number of rotatable bonds is 2. The van der Waals surface area contributed by atoms with Crippen molar-refractivity contribution in [2.45, 2.75) is 43.9 Å². The van der Waals surface area contributed by atoms with Gasteiger partial charge in [-0.3, -0.25) is 4.79 Å². The molecule has 1 atom stereocenters. The van der Waals surface area contributed by atoms with Crippen LogP contribution >= 0.6 is 0 Å². The van der Waals surface area contributed by atoms with Gasteiger partial charge in [-0.1, -0.05) is 30.3 Å². The van der Waals surface area contributed by atoms with Crippen LogP contribution in [0.3, 0.4) is 0 Å². The number of carbonyl (C=O) groups is 1. The molecule has 128 valence electrons. The van der Waals surface area contributed by atoms with Crippen molar-refractivity contribution in [1.82, 2.24) is 14.9 Å². The fraction of sp³-hybridized carbons (Fsp3) is 0.476.